The second kappa shape index (κ2) is 8.50. The van der Waals surface area contributed by atoms with Crippen LogP contribution in [0.1, 0.15) is 5.56 Å². The van der Waals surface area contributed by atoms with Crippen molar-refractivity contribution >= 4 is 11.8 Å². The van der Waals surface area contributed by atoms with Crippen LogP contribution < -0.4 is 15.8 Å². The van der Waals surface area contributed by atoms with E-state index in [1.54, 1.807) is 12.0 Å². The van der Waals surface area contributed by atoms with E-state index in [0.717, 1.165) is 30.9 Å². The van der Waals surface area contributed by atoms with Crippen molar-refractivity contribution in [3.05, 3.63) is 29.8 Å². The lowest BCUT2D eigenvalue weighted by Gasteiger charge is -2.35. The highest BCUT2D eigenvalue weighted by atomic mass is 16.5. The molecule has 0 aromatic heterocycles. The van der Waals surface area contributed by atoms with Crippen molar-refractivity contribution in [1.82, 2.24) is 15.1 Å². The van der Waals surface area contributed by atoms with Crippen LogP contribution in [0.25, 0.3) is 0 Å². The van der Waals surface area contributed by atoms with Crippen LogP contribution in [-0.4, -0.2) is 68.0 Å². The Labute approximate surface area is 136 Å². The molecule has 0 atom stereocenters. The molecule has 0 spiro atoms. The number of hydrogen-bond donors (Lipinski definition) is 2. The quantitative estimate of drug-likeness (QED) is 0.732. The number of para-hydroxylation sites is 1. The predicted molar refractivity (Wildman–Crippen MR) is 86.9 cm³/mol. The second-order valence-electron chi connectivity index (χ2n) is 5.45. The SMILES string of the molecule is COc1ccccc1CN1CCN(C(=O)CNC(=O)CN)CC1. The van der Waals surface area contributed by atoms with Gasteiger partial charge in [-0.2, -0.15) is 0 Å². The molecule has 1 saturated heterocycles. The number of carbonyl (C=O) groups excluding carboxylic acids is 2. The van der Waals surface area contributed by atoms with Crippen molar-refractivity contribution in [3.8, 4) is 5.75 Å². The van der Waals surface area contributed by atoms with E-state index in [0.29, 0.717) is 13.1 Å². The first-order chi connectivity index (χ1) is 11.1. The van der Waals surface area contributed by atoms with E-state index in [2.05, 4.69) is 16.3 Å². The number of piperazine rings is 1. The van der Waals surface area contributed by atoms with Gasteiger partial charge in [-0.05, 0) is 6.07 Å². The number of carbonyl (C=O) groups is 2. The van der Waals surface area contributed by atoms with Gasteiger partial charge in [-0.3, -0.25) is 14.5 Å². The topological polar surface area (TPSA) is 87.9 Å². The Kier molecular flexibility index (Phi) is 6.37. The second-order valence-corrected chi connectivity index (χ2v) is 5.45. The largest absolute Gasteiger partial charge is 0.496 e. The first-order valence-electron chi connectivity index (χ1n) is 7.73. The molecule has 1 heterocycles. The highest BCUT2D eigenvalue weighted by Crippen LogP contribution is 2.19. The smallest absolute Gasteiger partial charge is 0.242 e. The van der Waals surface area contributed by atoms with E-state index in [4.69, 9.17) is 10.5 Å². The van der Waals surface area contributed by atoms with Crippen molar-refractivity contribution in [3.63, 3.8) is 0 Å². The average Bonchev–Trinajstić information content (AvgIpc) is 2.60. The van der Waals surface area contributed by atoms with Crippen LogP contribution in [0.4, 0.5) is 0 Å². The van der Waals surface area contributed by atoms with Gasteiger partial charge in [-0.25, -0.2) is 0 Å². The Morgan fingerprint density at radius 1 is 1.22 bits per heavy atom. The Morgan fingerprint density at radius 3 is 2.57 bits per heavy atom. The number of nitrogens with two attached hydrogens (primary N) is 1. The highest BCUT2D eigenvalue weighted by Gasteiger charge is 2.21. The molecule has 23 heavy (non-hydrogen) atoms. The minimum absolute atomic E-state index is 0.0164. The lowest BCUT2D eigenvalue weighted by atomic mass is 10.1. The first kappa shape index (κ1) is 17.2. The number of amides is 2. The minimum atomic E-state index is -0.312. The average molecular weight is 320 g/mol. The van der Waals surface area contributed by atoms with Crippen LogP contribution in [0.15, 0.2) is 24.3 Å². The number of methoxy groups -OCH3 is 1. The monoisotopic (exact) mass is 320 g/mol. The summed E-state index contributed by atoms with van der Waals surface area (Å²) >= 11 is 0. The van der Waals surface area contributed by atoms with E-state index < -0.39 is 0 Å². The summed E-state index contributed by atoms with van der Waals surface area (Å²) < 4.78 is 5.37. The van der Waals surface area contributed by atoms with Crippen molar-refractivity contribution in [1.29, 1.82) is 0 Å². The van der Waals surface area contributed by atoms with Gasteiger partial charge < -0.3 is 20.7 Å². The maximum atomic E-state index is 12.0. The molecule has 0 radical (unpaired) electrons. The summed E-state index contributed by atoms with van der Waals surface area (Å²) in [6.07, 6.45) is 0. The standard InChI is InChI=1S/C16H24N4O3/c1-23-14-5-3-2-4-13(14)12-19-6-8-20(9-7-19)16(22)11-18-15(21)10-17/h2-5H,6-12,17H2,1H3,(H,18,21). The number of ether oxygens (including phenoxy) is 1. The molecular weight excluding hydrogens is 296 g/mol. The fourth-order valence-corrected chi connectivity index (χ4v) is 2.59. The molecule has 0 aliphatic carbocycles. The van der Waals surface area contributed by atoms with Gasteiger partial charge in [0.05, 0.1) is 20.2 Å². The van der Waals surface area contributed by atoms with Crippen molar-refractivity contribution in [2.75, 3.05) is 46.4 Å². The Balaban J connectivity index is 1.79. The minimum Gasteiger partial charge on any atom is -0.496 e. The molecule has 2 rings (SSSR count). The third-order valence-electron chi connectivity index (χ3n) is 3.93. The summed E-state index contributed by atoms with van der Waals surface area (Å²) in [4.78, 5) is 27.2. The lowest BCUT2D eigenvalue weighted by molar-refractivity contribution is -0.134. The number of nitrogens with zero attached hydrogens (tertiary/aromatic N) is 2. The molecule has 0 unspecified atom stereocenters. The van der Waals surface area contributed by atoms with E-state index in [9.17, 15) is 9.59 Å². The first-order valence-corrected chi connectivity index (χ1v) is 7.73. The van der Waals surface area contributed by atoms with Gasteiger partial charge in [0.1, 0.15) is 5.75 Å². The van der Waals surface area contributed by atoms with Crippen LogP contribution in [0.2, 0.25) is 0 Å². The summed E-state index contributed by atoms with van der Waals surface area (Å²) in [5.74, 6) is 0.507. The van der Waals surface area contributed by atoms with E-state index in [1.807, 2.05) is 18.2 Å². The van der Waals surface area contributed by atoms with Gasteiger partial charge in [0.25, 0.3) is 0 Å². The van der Waals surface area contributed by atoms with Crippen LogP contribution >= 0.6 is 0 Å². The van der Waals surface area contributed by atoms with E-state index in [1.165, 1.54) is 0 Å². The molecule has 126 valence electrons. The highest BCUT2D eigenvalue weighted by molar-refractivity contribution is 5.85. The molecule has 0 bridgehead atoms. The zero-order valence-electron chi connectivity index (χ0n) is 13.5. The summed E-state index contributed by atoms with van der Waals surface area (Å²) in [6, 6.07) is 7.96. The molecule has 1 aliphatic heterocycles. The summed E-state index contributed by atoms with van der Waals surface area (Å²) in [6.45, 7) is 3.64. The van der Waals surface area contributed by atoms with Crippen LogP contribution in [0.3, 0.4) is 0 Å². The molecule has 3 N–H and O–H groups in total. The normalized spacial score (nSPS) is 15.3. The van der Waals surface area contributed by atoms with Gasteiger partial charge in [0.2, 0.25) is 11.8 Å². The van der Waals surface area contributed by atoms with Crippen molar-refractivity contribution < 1.29 is 14.3 Å². The number of benzene rings is 1. The van der Waals surface area contributed by atoms with Crippen molar-refractivity contribution in [2.24, 2.45) is 5.73 Å². The van der Waals surface area contributed by atoms with Gasteiger partial charge in [0.15, 0.2) is 0 Å². The maximum Gasteiger partial charge on any atom is 0.242 e. The third kappa shape index (κ3) is 4.94. The van der Waals surface area contributed by atoms with Crippen LogP contribution in [0.5, 0.6) is 5.75 Å². The fraction of sp³-hybridized carbons (Fsp3) is 0.500. The van der Waals surface area contributed by atoms with Crippen LogP contribution in [0, 0.1) is 0 Å². The zero-order valence-corrected chi connectivity index (χ0v) is 13.5. The molecule has 1 aromatic rings. The molecule has 2 amide bonds. The molecule has 7 heteroatoms. The fourth-order valence-electron chi connectivity index (χ4n) is 2.59. The van der Waals surface area contributed by atoms with E-state index in [-0.39, 0.29) is 24.9 Å². The Bertz CT molecular complexity index is 542. The summed E-state index contributed by atoms with van der Waals surface area (Å²) in [5, 5.41) is 2.51. The molecule has 1 fully saturated rings. The molecular formula is C16H24N4O3. The Hall–Kier alpha value is -2.12. The predicted octanol–water partition coefficient (Wildman–Crippen LogP) is -0.586. The third-order valence-corrected chi connectivity index (χ3v) is 3.93. The van der Waals surface area contributed by atoms with Crippen LogP contribution in [-0.2, 0) is 16.1 Å². The molecule has 1 aromatic carbocycles. The number of hydrogen-bond acceptors (Lipinski definition) is 5. The van der Waals surface area contributed by atoms with E-state index >= 15 is 0 Å². The molecule has 1 aliphatic rings. The van der Waals surface area contributed by atoms with Gasteiger partial charge >= 0.3 is 0 Å². The number of rotatable bonds is 6. The number of nitrogens with one attached hydrogen (secondary N) is 1. The van der Waals surface area contributed by atoms with Gasteiger partial charge in [-0.1, -0.05) is 18.2 Å². The van der Waals surface area contributed by atoms with Crippen molar-refractivity contribution in [2.45, 2.75) is 6.54 Å². The summed E-state index contributed by atoms with van der Waals surface area (Å²) in [5.41, 5.74) is 6.34. The Morgan fingerprint density at radius 2 is 1.91 bits per heavy atom. The molecule has 7 nitrogen and oxygen atoms in total. The van der Waals surface area contributed by atoms with Gasteiger partial charge in [-0.15, -0.1) is 0 Å². The summed E-state index contributed by atoms with van der Waals surface area (Å²) in [7, 11) is 1.67. The zero-order chi connectivity index (χ0) is 16.7. The molecule has 0 saturated carbocycles. The lowest BCUT2D eigenvalue weighted by Crippen LogP contribution is -2.51. The van der Waals surface area contributed by atoms with Gasteiger partial charge in [0, 0.05) is 38.3 Å². The maximum absolute atomic E-state index is 12.0.